The first-order chi connectivity index (χ1) is 10.2. The quantitative estimate of drug-likeness (QED) is 0.933. The number of halogens is 1. The summed E-state index contributed by atoms with van der Waals surface area (Å²) in [5.41, 5.74) is 10.3. The van der Waals surface area contributed by atoms with E-state index in [1.54, 1.807) is 12.1 Å². The highest BCUT2D eigenvalue weighted by Crippen LogP contribution is 2.34. The number of para-hydroxylation sites is 1. The lowest BCUT2D eigenvalue weighted by molar-refractivity contribution is 0.541. The number of aryl methyl sites for hydroxylation is 2. The highest BCUT2D eigenvalue weighted by Gasteiger charge is 2.26. The smallest absolute Gasteiger partial charge is 0.128 e. The molecule has 0 aliphatic carbocycles. The highest BCUT2D eigenvalue weighted by molar-refractivity contribution is 5.57. The standard InChI is InChI=1S/C18H21FN2/c1-13-8-9-16(19)15(11-13)18(12-20)21-10-4-6-14-5-2-3-7-17(14)21/h2-3,5,7-9,11,18H,4,6,10,12,20H2,1H3. The molecule has 3 rings (SSSR count). The predicted molar refractivity (Wildman–Crippen MR) is 85.0 cm³/mol. The molecule has 1 unspecified atom stereocenters. The topological polar surface area (TPSA) is 29.3 Å². The lowest BCUT2D eigenvalue weighted by atomic mass is 9.96. The molecule has 2 aromatic rings. The van der Waals surface area contributed by atoms with E-state index in [9.17, 15) is 4.39 Å². The monoisotopic (exact) mass is 284 g/mol. The Labute approximate surface area is 125 Å². The van der Waals surface area contributed by atoms with Crippen molar-refractivity contribution in [1.82, 2.24) is 0 Å². The van der Waals surface area contributed by atoms with Crippen molar-refractivity contribution in [2.45, 2.75) is 25.8 Å². The largest absolute Gasteiger partial charge is 0.363 e. The van der Waals surface area contributed by atoms with Gasteiger partial charge in [-0.2, -0.15) is 0 Å². The third kappa shape index (κ3) is 2.66. The van der Waals surface area contributed by atoms with Crippen molar-refractivity contribution in [3.63, 3.8) is 0 Å². The molecule has 0 fully saturated rings. The molecule has 0 amide bonds. The van der Waals surface area contributed by atoms with Crippen LogP contribution in [0.4, 0.5) is 10.1 Å². The molecular formula is C18H21FN2. The molecule has 1 heterocycles. The maximum Gasteiger partial charge on any atom is 0.128 e. The minimum atomic E-state index is -0.167. The first-order valence-corrected chi connectivity index (χ1v) is 7.51. The van der Waals surface area contributed by atoms with Gasteiger partial charge in [0.05, 0.1) is 6.04 Å². The molecule has 1 aliphatic heterocycles. The molecule has 110 valence electrons. The number of benzene rings is 2. The van der Waals surface area contributed by atoms with Crippen LogP contribution in [0.15, 0.2) is 42.5 Å². The van der Waals surface area contributed by atoms with Gasteiger partial charge in [0, 0.05) is 24.3 Å². The van der Waals surface area contributed by atoms with Crippen LogP contribution in [0.3, 0.4) is 0 Å². The molecule has 0 bridgehead atoms. The van der Waals surface area contributed by atoms with Crippen LogP contribution in [-0.2, 0) is 6.42 Å². The van der Waals surface area contributed by atoms with Gasteiger partial charge in [0.15, 0.2) is 0 Å². The second-order valence-corrected chi connectivity index (χ2v) is 5.70. The Kier molecular flexibility index (Phi) is 3.93. The molecule has 1 atom stereocenters. The van der Waals surface area contributed by atoms with E-state index >= 15 is 0 Å². The zero-order valence-electron chi connectivity index (χ0n) is 12.3. The summed E-state index contributed by atoms with van der Waals surface area (Å²) >= 11 is 0. The molecule has 2 aromatic carbocycles. The Balaban J connectivity index is 2.03. The van der Waals surface area contributed by atoms with Crippen LogP contribution in [0.5, 0.6) is 0 Å². The average molecular weight is 284 g/mol. The van der Waals surface area contributed by atoms with E-state index < -0.39 is 0 Å². The van der Waals surface area contributed by atoms with Crippen LogP contribution in [0.1, 0.15) is 29.2 Å². The van der Waals surface area contributed by atoms with E-state index in [1.807, 2.05) is 19.1 Å². The summed E-state index contributed by atoms with van der Waals surface area (Å²) in [4.78, 5) is 2.26. The molecule has 21 heavy (non-hydrogen) atoms. The van der Waals surface area contributed by atoms with Crippen LogP contribution in [-0.4, -0.2) is 13.1 Å². The van der Waals surface area contributed by atoms with Gasteiger partial charge in [-0.05, 0) is 37.5 Å². The van der Waals surface area contributed by atoms with Gasteiger partial charge in [0.25, 0.3) is 0 Å². The summed E-state index contributed by atoms with van der Waals surface area (Å²) in [6.45, 7) is 3.32. The molecule has 0 saturated carbocycles. The van der Waals surface area contributed by atoms with E-state index in [-0.39, 0.29) is 11.9 Å². The van der Waals surface area contributed by atoms with E-state index in [0.717, 1.165) is 24.9 Å². The fraction of sp³-hybridized carbons (Fsp3) is 0.333. The van der Waals surface area contributed by atoms with Crippen molar-refractivity contribution in [3.05, 3.63) is 65.0 Å². The van der Waals surface area contributed by atoms with E-state index in [4.69, 9.17) is 5.73 Å². The molecule has 2 nitrogen and oxygen atoms in total. The first-order valence-electron chi connectivity index (χ1n) is 7.51. The van der Waals surface area contributed by atoms with Crippen molar-refractivity contribution in [1.29, 1.82) is 0 Å². The van der Waals surface area contributed by atoms with E-state index in [2.05, 4.69) is 23.1 Å². The summed E-state index contributed by atoms with van der Waals surface area (Å²) in [6.07, 6.45) is 2.17. The van der Waals surface area contributed by atoms with Crippen LogP contribution in [0.2, 0.25) is 0 Å². The zero-order chi connectivity index (χ0) is 14.8. The third-order valence-electron chi connectivity index (χ3n) is 4.26. The first kappa shape index (κ1) is 14.1. The predicted octanol–water partition coefficient (Wildman–Crippen LogP) is 3.59. The second kappa shape index (κ2) is 5.86. The van der Waals surface area contributed by atoms with Gasteiger partial charge in [0.1, 0.15) is 5.82 Å². The molecule has 2 N–H and O–H groups in total. The summed E-state index contributed by atoms with van der Waals surface area (Å²) in [5, 5.41) is 0. The summed E-state index contributed by atoms with van der Waals surface area (Å²) in [5.74, 6) is -0.167. The Morgan fingerprint density at radius 2 is 2.05 bits per heavy atom. The molecular weight excluding hydrogens is 263 g/mol. The number of anilines is 1. The molecule has 0 radical (unpaired) electrons. The maximum absolute atomic E-state index is 14.3. The number of nitrogens with two attached hydrogens (primary N) is 1. The molecule has 1 aliphatic rings. The molecule has 0 saturated heterocycles. The van der Waals surface area contributed by atoms with Crippen molar-refractivity contribution >= 4 is 5.69 Å². The van der Waals surface area contributed by atoms with Crippen molar-refractivity contribution in [2.75, 3.05) is 18.0 Å². The number of fused-ring (bicyclic) bond motifs is 1. The van der Waals surface area contributed by atoms with Crippen LogP contribution < -0.4 is 10.6 Å². The number of rotatable bonds is 3. The summed E-state index contributed by atoms with van der Waals surface area (Å²) < 4.78 is 14.3. The zero-order valence-corrected chi connectivity index (χ0v) is 12.3. The summed E-state index contributed by atoms with van der Waals surface area (Å²) in [7, 11) is 0. The van der Waals surface area contributed by atoms with Gasteiger partial charge in [-0.3, -0.25) is 0 Å². The average Bonchev–Trinajstić information content (AvgIpc) is 2.51. The van der Waals surface area contributed by atoms with E-state index in [0.29, 0.717) is 12.1 Å². The number of hydrogen-bond donors (Lipinski definition) is 1. The van der Waals surface area contributed by atoms with E-state index in [1.165, 1.54) is 11.3 Å². The highest BCUT2D eigenvalue weighted by atomic mass is 19.1. The molecule has 0 spiro atoms. The van der Waals surface area contributed by atoms with Gasteiger partial charge in [-0.1, -0.05) is 35.9 Å². The lowest BCUT2D eigenvalue weighted by Crippen LogP contribution is -2.38. The Morgan fingerprint density at radius 1 is 1.24 bits per heavy atom. The minimum absolute atomic E-state index is 0.105. The van der Waals surface area contributed by atoms with Gasteiger partial charge >= 0.3 is 0 Å². The van der Waals surface area contributed by atoms with Crippen molar-refractivity contribution in [2.24, 2.45) is 5.73 Å². The third-order valence-corrected chi connectivity index (χ3v) is 4.26. The summed E-state index contributed by atoms with van der Waals surface area (Å²) in [6, 6.07) is 13.5. The van der Waals surface area contributed by atoms with Gasteiger partial charge in [-0.25, -0.2) is 4.39 Å². The normalized spacial score (nSPS) is 15.7. The number of hydrogen-bond acceptors (Lipinski definition) is 2. The Bertz CT molecular complexity index is 639. The maximum atomic E-state index is 14.3. The van der Waals surface area contributed by atoms with Crippen LogP contribution in [0, 0.1) is 12.7 Å². The molecule has 3 heteroatoms. The fourth-order valence-corrected chi connectivity index (χ4v) is 3.23. The van der Waals surface area contributed by atoms with Gasteiger partial charge in [-0.15, -0.1) is 0 Å². The fourth-order valence-electron chi connectivity index (χ4n) is 3.23. The Morgan fingerprint density at radius 3 is 2.86 bits per heavy atom. The lowest BCUT2D eigenvalue weighted by Gasteiger charge is -2.38. The van der Waals surface area contributed by atoms with Gasteiger partial charge in [0.2, 0.25) is 0 Å². The minimum Gasteiger partial charge on any atom is -0.363 e. The van der Waals surface area contributed by atoms with Gasteiger partial charge < -0.3 is 10.6 Å². The second-order valence-electron chi connectivity index (χ2n) is 5.70. The SMILES string of the molecule is Cc1ccc(F)c(C(CN)N2CCCc3ccccc32)c1. The number of nitrogens with zero attached hydrogens (tertiary/aromatic N) is 1. The van der Waals surface area contributed by atoms with Crippen LogP contribution in [0.25, 0.3) is 0 Å². The van der Waals surface area contributed by atoms with Crippen molar-refractivity contribution in [3.8, 4) is 0 Å². The molecule has 0 aromatic heterocycles. The van der Waals surface area contributed by atoms with Crippen LogP contribution >= 0.6 is 0 Å². The van der Waals surface area contributed by atoms with Crippen molar-refractivity contribution < 1.29 is 4.39 Å². The Hall–Kier alpha value is -1.87.